The molecule has 0 amide bonds. The highest BCUT2D eigenvalue weighted by molar-refractivity contribution is 6.18. The third-order valence-corrected chi connectivity index (χ3v) is 7.72. The summed E-state index contributed by atoms with van der Waals surface area (Å²) in [6, 6.07) is 49.1. The highest BCUT2D eigenvalue weighted by Crippen LogP contribution is 2.43. The number of hydrogen-bond donors (Lipinski definition) is 0. The van der Waals surface area contributed by atoms with E-state index < -0.39 is 0 Å². The van der Waals surface area contributed by atoms with Crippen molar-refractivity contribution in [3.63, 3.8) is 0 Å². The van der Waals surface area contributed by atoms with E-state index in [1.807, 2.05) is 12.3 Å². The molecule has 0 aliphatic rings. The molecule has 0 fully saturated rings. The minimum absolute atomic E-state index is 0.636. The second-order valence-electron chi connectivity index (χ2n) is 10.0. The van der Waals surface area contributed by atoms with Gasteiger partial charge in [-0.3, -0.25) is 0 Å². The van der Waals surface area contributed by atoms with Crippen LogP contribution in [-0.4, -0.2) is 4.98 Å². The lowest BCUT2D eigenvalue weighted by Gasteiger charge is -2.26. The molecule has 8 rings (SSSR count). The highest BCUT2D eigenvalue weighted by Gasteiger charge is 2.21. The Morgan fingerprint density at radius 3 is 2.00 bits per heavy atom. The number of para-hydroxylation sites is 1. The minimum atomic E-state index is 0.636. The van der Waals surface area contributed by atoms with Gasteiger partial charge in [-0.1, -0.05) is 103 Å². The van der Waals surface area contributed by atoms with Gasteiger partial charge in [0.15, 0.2) is 0 Å². The normalized spacial score (nSPS) is 11.5. The zero-order chi connectivity index (χ0) is 26.5. The number of benzene rings is 6. The molecule has 3 nitrogen and oxygen atoms in total. The molecule has 0 radical (unpaired) electrons. The third-order valence-electron chi connectivity index (χ3n) is 7.72. The number of rotatable bonds is 4. The van der Waals surface area contributed by atoms with E-state index in [0.717, 1.165) is 44.2 Å². The maximum absolute atomic E-state index is 6.41. The smallest absolute Gasteiger partial charge is 0.229 e. The molecule has 0 aliphatic heterocycles. The first-order chi connectivity index (χ1) is 19.8. The first kappa shape index (κ1) is 22.6. The van der Waals surface area contributed by atoms with Crippen molar-refractivity contribution in [1.82, 2.24) is 4.98 Å². The van der Waals surface area contributed by atoms with Crippen molar-refractivity contribution < 1.29 is 4.42 Å². The molecule has 0 spiro atoms. The summed E-state index contributed by atoms with van der Waals surface area (Å²) < 4.78 is 6.41. The molecule has 2 aromatic heterocycles. The fourth-order valence-electron chi connectivity index (χ4n) is 5.87. The van der Waals surface area contributed by atoms with Gasteiger partial charge >= 0.3 is 0 Å². The third kappa shape index (κ3) is 3.56. The molecule has 0 unspecified atom stereocenters. The molecule has 8 aromatic rings. The quantitative estimate of drug-likeness (QED) is 0.235. The van der Waals surface area contributed by atoms with Crippen LogP contribution in [0.2, 0.25) is 0 Å². The lowest BCUT2D eigenvalue weighted by molar-refractivity contribution is 0.657. The van der Waals surface area contributed by atoms with Gasteiger partial charge in [-0.05, 0) is 63.7 Å². The van der Waals surface area contributed by atoms with Gasteiger partial charge in [0.2, 0.25) is 5.71 Å². The van der Waals surface area contributed by atoms with Gasteiger partial charge in [-0.25, -0.2) is 4.98 Å². The summed E-state index contributed by atoms with van der Waals surface area (Å²) in [5.74, 6) is 0. The van der Waals surface area contributed by atoms with Crippen molar-refractivity contribution in [3.05, 3.63) is 146 Å². The number of hydrogen-bond acceptors (Lipinski definition) is 3. The zero-order valence-electron chi connectivity index (χ0n) is 21.7. The summed E-state index contributed by atoms with van der Waals surface area (Å²) in [4.78, 5) is 6.94. The molecule has 0 atom stereocenters. The lowest BCUT2D eigenvalue weighted by atomic mass is 9.98. The average Bonchev–Trinajstić information content (AvgIpc) is 3.42. The summed E-state index contributed by atoms with van der Waals surface area (Å²) in [6.07, 6.45) is 1.84. The van der Waals surface area contributed by atoms with Gasteiger partial charge in [-0.2, -0.15) is 0 Å². The predicted molar refractivity (Wildman–Crippen MR) is 167 cm³/mol. The summed E-state index contributed by atoms with van der Waals surface area (Å²) in [5.41, 5.74) is 7.09. The van der Waals surface area contributed by atoms with Crippen LogP contribution in [-0.2, 0) is 0 Å². The van der Waals surface area contributed by atoms with E-state index in [9.17, 15) is 0 Å². The van der Waals surface area contributed by atoms with Crippen molar-refractivity contribution in [2.75, 3.05) is 4.90 Å². The number of fused-ring (bicyclic) bond motifs is 6. The monoisotopic (exact) mass is 512 g/mol. The highest BCUT2D eigenvalue weighted by atomic mass is 16.3. The Morgan fingerprint density at radius 1 is 0.500 bits per heavy atom. The first-order valence-corrected chi connectivity index (χ1v) is 13.5. The number of nitrogens with zero attached hydrogens (tertiary/aromatic N) is 2. The van der Waals surface area contributed by atoms with Gasteiger partial charge in [0.1, 0.15) is 5.58 Å². The van der Waals surface area contributed by atoms with Crippen LogP contribution < -0.4 is 4.90 Å². The predicted octanol–water partition coefficient (Wildman–Crippen LogP) is 10.4. The summed E-state index contributed by atoms with van der Waals surface area (Å²) in [7, 11) is 0. The Morgan fingerprint density at radius 2 is 1.18 bits per heavy atom. The van der Waals surface area contributed by atoms with E-state index in [4.69, 9.17) is 4.42 Å². The molecular weight excluding hydrogens is 488 g/mol. The standard InChI is InChI=1S/C37H24N2O/c1-2-12-28(13-3-1)39(29-20-17-27(18-21-29)31-16-8-11-25-9-4-6-14-30(25)31)34-23-24-38-37-35(34)33-22-19-26-10-5-7-15-32(26)36(33)40-37/h1-24H. The van der Waals surface area contributed by atoms with E-state index in [1.54, 1.807) is 0 Å². The Hall–Kier alpha value is -5.41. The summed E-state index contributed by atoms with van der Waals surface area (Å²) in [6.45, 7) is 0. The van der Waals surface area contributed by atoms with Crippen LogP contribution in [0.25, 0.3) is 54.7 Å². The molecule has 0 saturated carbocycles. The number of anilines is 3. The SMILES string of the molecule is c1ccc(N(c2ccc(-c3cccc4ccccc34)cc2)c2ccnc3oc4c5ccccc5ccc4c23)cc1. The fraction of sp³-hybridized carbons (Fsp3) is 0. The van der Waals surface area contributed by atoms with E-state index in [-0.39, 0.29) is 0 Å². The Kier molecular flexibility index (Phi) is 5.14. The Labute approximate surface area is 231 Å². The maximum Gasteiger partial charge on any atom is 0.229 e. The molecule has 0 N–H and O–H groups in total. The lowest BCUT2D eigenvalue weighted by Crippen LogP contribution is -2.10. The molecule has 0 bridgehead atoms. The molecule has 0 aliphatic carbocycles. The maximum atomic E-state index is 6.41. The number of aromatic nitrogens is 1. The number of furan rings is 1. The van der Waals surface area contributed by atoms with Crippen LogP contribution in [0.3, 0.4) is 0 Å². The van der Waals surface area contributed by atoms with Crippen molar-refractivity contribution >= 4 is 60.7 Å². The molecule has 6 aromatic carbocycles. The Bertz CT molecular complexity index is 2160. The van der Waals surface area contributed by atoms with Crippen molar-refractivity contribution in [3.8, 4) is 11.1 Å². The average molecular weight is 513 g/mol. The molecule has 188 valence electrons. The second kappa shape index (κ2) is 9.11. The van der Waals surface area contributed by atoms with Crippen LogP contribution in [0.4, 0.5) is 17.1 Å². The van der Waals surface area contributed by atoms with Crippen molar-refractivity contribution in [2.45, 2.75) is 0 Å². The Balaban J connectivity index is 1.33. The largest absolute Gasteiger partial charge is 0.437 e. The van der Waals surface area contributed by atoms with E-state index in [1.165, 1.54) is 21.9 Å². The molecule has 2 heterocycles. The molecular formula is C37H24N2O. The van der Waals surface area contributed by atoms with Gasteiger partial charge in [0.25, 0.3) is 0 Å². The summed E-state index contributed by atoms with van der Waals surface area (Å²) in [5, 5.41) is 6.81. The fourth-order valence-corrected chi connectivity index (χ4v) is 5.87. The van der Waals surface area contributed by atoms with Crippen LogP contribution in [0.5, 0.6) is 0 Å². The van der Waals surface area contributed by atoms with Crippen molar-refractivity contribution in [1.29, 1.82) is 0 Å². The van der Waals surface area contributed by atoms with Gasteiger partial charge in [0, 0.05) is 28.3 Å². The minimum Gasteiger partial charge on any atom is -0.437 e. The van der Waals surface area contributed by atoms with E-state index in [0.29, 0.717) is 5.71 Å². The molecule has 40 heavy (non-hydrogen) atoms. The van der Waals surface area contributed by atoms with Gasteiger partial charge in [-0.15, -0.1) is 0 Å². The van der Waals surface area contributed by atoms with Crippen LogP contribution in [0, 0.1) is 0 Å². The van der Waals surface area contributed by atoms with E-state index in [2.05, 4.69) is 143 Å². The van der Waals surface area contributed by atoms with E-state index >= 15 is 0 Å². The summed E-state index contributed by atoms with van der Waals surface area (Å²) >= 11 is 0. The second-order valence-corrected chi connectivity index (χ2v) is 10.0. The van der Waals surface area contributed by atoms with Crippen LogP contribution in [0.15, 0.2) is 150 Å². The van der Waals surface area contributed by atoms with Gasteiger partial charge < -0.3 is 9.32 Å². The number of pyridine rings is 1. The van der Waals surface area contributed by atoms with Gasteiger partial charge in [0.05, 0.1) is 11.1 Å². The van der Waals surface area contributed by atoms with Crippen LogP contribution in [0.1, 0.15) is 0 Å². The first-order valence-electron chi connectivity index (χ1n) is 13.5. The molecule has 3 heteroatoms. The molecule has 0 saturated heterocycles. The van der Waals surface area contributed by atoms with Crippen LogP contribution >= 0.6 is 0 Å². The topological polar surface area (TPSA) is 29.3 Å². The zero-order valence-corrected chi connectivity index (χ0v) is 21.7. The van der Waals surface area contributed by atoms with Crippen molar-refractivity contribution in [2.24, 2.45) is 0 Å².